The van der Waals surface area contributed by atoms with Gasteiger partial charge in [0.05, 0.1) is 23.6 Å². The zero-order chi connectivity index (χ0) is 17.1. The molecule has 0 N–H and O–H groups in total. The standard InChI is InChI=1S/C17H14ClNO5/c1-9(20)23-8-17-7-6-12(24-17)13-14(17)16(22)19(15(13)21)11-4-2-10(18)3-5-11/h2-7,12-14H,8H2,1H3/t12-,13-,14-,17-/m1/s1. The molecule has 4 atom stereocenters. The van der Waals surface area contributed by atoms with Gasteiger partial charge in [0.1, 0.15) is 12.2 Å². The van der Waals surface area contributed by atoms with Crippen LogP contribution in [0.3, 0.4) is 0 Å². The maximum atomic E-state index is 12.9. The van der Waals surface area contributed by atoms with E-state index in [0.717, 1.165) is 0 Å². The lowest BCUT2D eigenvalue weighted by molar-refractivity contribution is -0.150. The van der Waals surface area contributed by atoms with Gasteiger partial charge in [0, 0.05) is 11.9 Å². The third-order valence-electron chi connectivity index (χ3n) is 4.74. The Labute approximate surface area is 143 Å². The highest BCUT2D eigenvalue weighted by Crippen LogP contribution is 2.52. The number of hydrogen-bond acceptors (Lipinski definition) is 5. The predicted molar refractivity (Wildman–Crippen MR) is 84.3 cm³/mol. The van der Waals surface area contributed by atoms with Crippen LogP contribution in [0.15, 0.2) is 36.4 Å². The summed E-state index contributed by atoms with van der Waals surface area (Å²) in [5.74, 6) is -2.37. The van der Waals surface area contributed by atoms with Crippen molar-refractivity contribution < 1.29 is 23.9 Å². The van der Waals surface area contributed by atoms with Crippen LogP contribution in [-0.2, 0) is 23.9 Å². The van der Waals surface area contributed by atoms with Crippen molar-refractivity contribution in [2.75, 3.05) is 11.5 Å². The van der Waals surface area contributed by atoms with E-state index in [2.05, 4.69) is 0 Å². The van der Waals surface area contributed by atoms with Crippen LogP contribution in [0.1, 0.15) is 6.92 Å². The molecule has 3 aliphatic heterocycles. The lowest BCUT2D eigenvalue weighted by Gasteiger charge is -2.28. The molecule has 2 amide bonds. The number of imide groups is 1. The number of rotatable bonds is 3. The maximum absolute atomic E-state index is 12.9. The minimum absolute atomic E-state index is 0.0794. The van der Waals surface area contributed by atoms with Crippen molar-refractivity contribution in [2.45, 2.75) is 18.6 Å². The third kappa shape index (κ3) is 2.03. The highest BCUT2D eigenvalue weighted by Gasteiger charge is 2.68. The normalized spacial score (nSPS) is 33.2. The number of anilines is 1. The zero-order valence-corrected chi connectivity index (χ0v) is 13.5. The van der Waals surface area contributed by atoms with Gasteiger partial charge in [-0.1, -0.05) is 17.7 Å². The van der Waals surface area contributed by atoms with Gasteiger partial charge in [0.15, 0.2) is 0 Å². The summed E-state index contributed by atoms with van der Waals surface area (Å²) in [4.78, 5) is 38.1. The average Bonchev–Trinajstić information content (AvgIpc) is 3.18. The van der Waals surface area contributed by atoms with Crippen LogP contribution in [0, 0.1) is 11.8 Å². The first-order chi connectivity index (χ1) is 11.4. The number of esters is 1. The van der Waals surface area contributed by atoms with Crippen LogP contribution in [0.4, 0.5) is 5.69 Å². The number of carbonyl (C=O) groups is 3. The van der Waals surface area contributed by atoms with Gasteiger partial charge in [-0.15, -0.1) is 0 Å². The summed E-state index contributed by atoms with van der Waals surface area (Å²) in [6, 6.07) is 6.52. The minimum Gasteiger partial charge on any atom is -0.462 e. The molecule has 0 aromatic heterocycles. The SMILES string of the molecule is CC(=O)OC[C@@]12C=C[C@@H](O1)[C@H]1C(=O)N(c3ccc(Cl)cc3)C(=O)[C@@H]12. The molecule has 0 unspecified atom stereocenters. The Morgan fingerprint density at radius 3 is 2.67 bits per heavy atom. The molecule has 7 heteroatoms. The van der Waals surface area contributed by atoms with Gasteiger partial charge in [-0.3, -0.25) is 14.4 Å². The van der Waals surface area contributed by atoms with E-state index < -0.39 is 29.5 Å². The fourth-order valence-electron chi connectivity index (χ4n) is 3.73. The molecule has 1 aromatic rings. The van der Waals surface area contributed by atoms with Gasteiger partial charge in [0.2, 0.25) is 11.8 Å². The van der Waals surface area contributed by atoms with E-state index in [9.17, 15) is 14.4 Å². The summed E-state index contributed by atoms with van der Waals surface area (Å²) < 4.78 is 10.9. The highest BCUT2D eigenvalue weighted by molar-refractivity contribution is 6.31. The van der Waals surface area contributed by atoms with Crippen LogP contribution in [0.2, 0.25) is 5.02 Å². The molecule has 0 spiro atoms. The number of halogens is 1. The fraction of sp³-hybridized carbons (Fsp3) is 0.353. The van der Waals surface area contributed by atoms with E-state index in [4.69, 9.17) is 21.1 Å². The van der Waals surface area contributed by atoms with E-state index in [1.807, 2.05) is 0 Å². The number of amides is 2. The summed E-state index contributed by atoms with van der Waals surface area (Å²) in [5, 5.41) is 0.523. The third-order valence-corrected chi connectivity index (χ3v) is 4.99. The van der Waals surface area contributed by atoms with Crippen molar-refractivity contribution in [2.24, 2.45) is 11.8 Å². The Morgan fingerprint density at radius 1 is 1.29 bits per heavy atom. The predicted octanol–water partition coefficient (Wildman–Crippen LogP) is 1.72. The Hall–Kier alpha value is -2.18. The second kappa shape index (κ2) is 5.16. The van der Waals surface area contributed by atoms with E-state index in [1.165, 1.54) is 11.8 Å². The van der Waals surface area contributed by atoms with Gasteiger partial charge in [-0.2, -0.15) is 0 Å². The average molecular weight is 348 g/mol. The molecule has 6 nitrogen and oxygen atoms in total. The largest absolute Gasteiger partial charge is 0.462 e. The lowest BCUT2D eigenvalue weighted by Crippen LogP contribution is -2.44. The van der Waals surface area contributed by atoms with E-state index in [0.29, 0.717) is 10.7 Å². The molecule has 0 saturated carbocycles. The first-order valence-corrected chi connectivity index (χ1v) is 7.95. The monoisotopic (exact) mass is 347 g/mol. The van der Waals surface area contributed by atoms with Crippen molar-refractivity contribution in [3.8, 4) is 0 Å². The molecule has 3 heterocycles. The van der Waals surface area contributed by atoms with Gasteiger partial charge in [-0.25, -0.2) is 4.90 Å². The molecule has 3 aliphatic rings. The number of hydrogen-bond donors (Lipinski definition) is 0. The lowest BCUT2D eigenvalue weighted by atomic mass is 9.77. The van der Waals surface area contributed by atoms with Crippen LogP contribution < -0.4 is 4.90 Å². The minimum atomic E-state index is -1.06. The van der Waals surface area contributed by atoms with Gasteiger partial charge >= 0.3 is 5.97 Å². The number of ether oxygens (including phenoxy) is 2. The van der Waals surface area contributed by atoms with Crippen LogP contribution in [-0.4, -0.2) is 36.1 Å². The molecule has 0 aliphatic carbocycles. The Kier molecular flexibility index (Phi) is 3.30. The number of benzene rings is 1. The second-order valence-corrected chi connectivity index (χ2v) is 6.60. The van der Waals surface area contributed by atoms with E-state index in [1.54, 1.807) is 36.4 Å². The number of nitrogens with zero attached hydrogens (tertiary/aromatic N) is 1. The van der Waals surface area contributed by atoms with Crippen molar-refractivity contribution >= 4 is 35.1 Å². The summed E-state index contributed by atoms with van der Waals surface area (Å²) >= 11 is 5.87. The first-order valence-electron chi connectivity index (χ1n) is 7.57. The smallest absolute Gasteiger partial charge is 0.302 e. The van der Waals surface area contributed by atoms with Crippen LogP contribution >= 0.6 is 11.6 Å². The van der Waals surface area contributed by atoms with E-state index >= 15 is 0 Å². The van der Waals surface area contributed by atoms with Gasteiger partial charge in [-0.05, 0) is 30.3 Å². The van der Waals surface area contributed by atoms with Gasteiger partial charge < -0.3 is 9.47 Å². The molecule has 2 fully saturated rings. The van der Waals surface area contributed by atoms with Crippen molar-refractivity contribution in [1.82, 2.24) is 0 Å². The molecule has 4 rings (SSSR count). The summed E-state index contributed by atoms with van der Waals surface area (Å²) in [6.07, 6.45) is 3.03. The summed E-state index contributed by atoms with van der Waals surface area (Å²) in [6.45, 7) is 1.21. The molecule has 0 radical (unpaired) electrons. The molecular weight excluding hydrogens is 334 g/mol. The highest BCUT2D eigenvalue weighted by atomic mass is 35.5. The molecular formula is C17H14ClNO5. The first kappa shape index (κ1) is 15.4. The molecule has 1 aromatic carbocycles. The topological polar surface area (TPSA) is 72.9 Å². The second-order valence-electron chi connectivity index (χ2n) is 6.17. The Balaban J connectivity index is 1.69. The fourth-order valence-corrected chi connectivity index (χ4v) is 3.85. The molecule has 24 heavy (non-hydrogen) atoms. The number of carbonyl (C=O) groups excluding carboxylic acids is 3. The molecule has 2 bridgehead atoms. The molecule has 124 valence electrons. The molecule has 2 saturated heterocycles. The van der Waals surface area contributed by atoms with Crippen LogP contribution in [0.5, 0.6) is 0 Å². The van der Waals surface area contributed by atoms with Crippen molar-refractivity contribution in [1.29, 1.82) is 0 Å². The zero-order valence-electron chi connectivity index (χ0n) is 12.8. The Bertz CT molecular complexity index is 774. The summed E-state index contributed by atoms with van der Waals surface area (Å²) in [7, 11) is 0. The maximum Gasteiger partial charge on any atom is 0.302 e. The van der Waals surface area contributed by atoms with Crippen molar-refractivity contribution in [3.05, 3.63) is 41.4 Å². The van der Waals surface area contributed by atoms with Crippen molar-refractivity contribution in [3.63, 3.8) is 0 Å². The van der Waals surface area contributed by atoms with Crippen LogP contribution in [0.25, 0.3) is 0 Å². The van der Waals surface area contributed by atoms with E-state index in [-0.39, 0.29) is 18.4 Å². The van der Waals surface area contributed by atoms with Gasteiger partial charge in [0.25, 0.3) is 0 Å². The Morgan fingerprint density at radius 2 is 2.00 bits per heavy atom. The summed E-state index contributed by atoms with van der Waals surface area (Å²) in [5.41, 5.74) is -0.583. The quantitative estimate of drug-likeness (QED) is 0.473. The number of fused-ring (bicyclic) bond motifs is 5.